The molecule has 0 saturated carbocycles. The SMILES string of the molecule is O=C(Nc1cnn(Cc2ccccc2Cl)c1)c1cc(Cn2cc(Cl)cn2)cs1. The quantitative estimate of drug-likeness (QED) is 0.476. The van der Waals surface area contributed by atoms with Crippen molar-refractivity contribution in [3.63, 3.8) is 0 Å². The zero-order chi connectivity index (χ0) is 19.5. The first-order chi connectivity index (χ1) is 13.6. The van der Waals surface area contributed by atoms with Crippen LogP contribution in [0.2, 0.25) is 10.0 Å². The van der Waals surface area contributed by atoms with Crippen molar-refractivity contribution in [2.75, 3.05) is 5.32 Å². The first kappa shape index (κ1) is 18.7. The number of thiophene rings is 1. The minimum atomic E-state index is -0.174. The monoisotopic (exact) mass is 431 g/mol. The van der Waals surface area contributed by atoms with Crippen molar-refractivity contribution in [2.45, 2.75) is 13.1 Å². The Bertz CT molecular complexity index is 1120. The Labute approximate surface area is 175 Å². The normalized spacial score (nSPS) is 10.9. The van der Waals surface area contributed by atoms with Crippen LogP contribution in [0, 0.1) is 0 Å². The molecule has 0 atom stereocenters. The molecule has 1 aromatic carbocycles. The summed E-state index contributed by atoms with van der Waals surface area (Å²) >= 11 is 13.4. The third kappa shape index (κ3) is 4.44. The molecule has 1 amide bonds. The van der Waals surface area contributed by atoms with Gasteiger partial charge in [-0.2, -0.15) is 10.2 Å². The zero-order valence-corrected chi connectivity index (χ0v) is 16.9. The Balaban J connectivity index is 1.39. The summed E-state index contributed by atoms with van der Waals surface area (Å²) in [5, 5.41) is 14.5. The van der Waals surface area contributed by atoms with Gasteiger partial charge in [0.15, 0.2) is 0 Å². The lowest BCUT2D eigenvalue weighted by atomic mass is 10.2. The van der Waals surface area contributed by atoms with E-state index < -0.39 is 0 Å². The second-order valence-corrected chi connectivity index (χ2v) is 7.90. The zero-order valence-electron chi connectivity index (χ0n) is 14.5. The average molecular weight is 432 g/mol. The molecule has 0 aliphatic heterocycles. The van der Waals surface area contributed by atoms with Gasteiger partial charge in [-0.15, -0.1) is 11.3 Å². The Morgan fingerprint density at radius 2 is 1.86 bits per heavy atom. The standard InChI is InChI=1S/C19H15Cl2N5OS/c20-15-6-22-25(10-15)8-13-5-18(28-12-13)19(27)24-16-7-23-26(11-16)9-14-3-1-2-4-17(14)21/h1-7,10-12H,8-9H2,(H,24,27). The van der Waals surface area contributed by atoms with Crippen LogP contribution < -0.4 is 5.32 Å². The van der Waals surface area contributed by atoms with Crippen molar-refractivity contribution in [3.05, 3.63) is 86.5 Å². The van der Waals surface area contributed by atoms with E-state index in [1.807, 2.05) is 35.7 Å². The summed E-state index contributed by atoms with van der Waals surface area (Å²) in [6.07, 6.45) is 6.73. The molecule has 9 heteroatoms. The van der Waals surface area contributed by atoms with Gasteiger partial charge in [-0.25, -0.2) is 0 Å². The fourth-order valence-corrected chi connectivity index (χ4v) is 3.85. The van der Waals surface area contributed by atoms with Crippen LogP contribution in [0.3, 0.4) is 0 Å². The highest BCUT2D eigenvalue weighted by atomic mass is 35.5. The number of carbonyl (C=O) groups is 1. The topological polar surface area (TPSA) is 64.7 Å². The number of carbonyl (C=O) groups excluding carboxylic acids is 1. The number of anilines is 1. The van der Waals surface area contributed by atoms with Gasteiger partial charge in [0.2, 0.25) is 0 Å². The molecule has 3 heterocycles. The van der Waals surface area contributed by atoms with Crippen LogP contribution >= 0.6 is 34.5 Å². The highest BCUT2D eigenvalue weighted by molar-refractivity contribution is 7.12. The second kappa shape index (κ2) is 8.18. The molecule has 0 spiro atoms. The summed E-state index contributed by atoms with van der Waals surface area (Å²) in [6, 6.07) is 9.45. The summed E-state index contributed by atoms with van der Waals surface area (Å²) in [7, 11) is 0. The molecule has 142 valence electrons. The summed E-state index contributed by atoms with van der Waals surface area (Å²) in [6.45, 7) is 1.09. The Hall–Kier alpha value is -2.61. The number of hydrogen-bond donors (Lipinski definition) is 1. The Morgan fingerprint density at radius 3 is 2.64 bits per heavy atom. The molecule has 4 aromatic rings. The number of benzene rings is 1. The maximum absolute atomic E-state index is 12.5. The van der Waals surface area contributed by atoms with Crippen LogP contribution in [-0.4, -0.2) is 25.5 Å². The molecule has 0 aliphatic carbocycles. The van der Waals surface area contributed by atoms with Crippen molar-refractivity contribution >= 4 is 46.1 Å². The minimum Gasteiger partial charge on any atom is -0.319 e. The molecule has 1 N–H and O–H groups in total. The Morgan fingerprint density at radius 1 is 1.07 bits per heavy atom. The molecule has 0 fully saturated rings. The van der Waals surface area contributed by atoms with E-state index in [9.17, 15) is 4.79 Å². The Kier molecular flexibility index (Phi) is 5.47. The molecule has 0 bridgehead atoms. The number of nitrogens with zero attached hydrogens (tertiary/aromatic N) is 4. The van der Waals surface area contributed by atoms with Crippen LogP contribution in [0.4, 0.5) is 5.69 Å². The van der Waals surface area contributed by atoms with E-state index in [4.69, 9.17) is 23.2 Å². The highest BCUT2D eigenvalue weighted by Gasteiger charge is 2.12. The molecular weight excluding hydrogens is 417 g/mol. The fourth-order valence-electron chi connectivity index (χ4n) is 2.70. The molecule has 0 aliphatic rings. The molecule has 4 rings (SSSR count). The predicted molar refractivity (Wildman–Crippen MR) is 111 cm³/mol. The third-order valence-corrected chi connectivity index (χ3v) is 5.55. The maximum Gasteiger partial charge on any atom is 0.265 e. The smallest absolute Gasteiger partial charge is 0.265 e. The molecule has 28 heavy (non-hydrogen) atoms. The largest absolute Gasteiger partial charge is 0.319 e. The number of nitrogens with one attached hydrogen (secondary N) is 1. The van der Waals surface area contributed by atoms with Crippen LogP contribution in [0.1, 0.15) is 20.8 Å². The minimum absolute atomic E-state index is 0.174. The third-order valence-electron chi connectivity index (χ3n) is 4.01. The highest BCUT2D eigenvalue weighted by Crippen LogP contribution is 2.20. The van der Waals surface area contributed by atoms with Crippen molar-refractivity contribution in [3.8, 4) is 0 Å². The van der Waals surface area contributed by atoms with Crippen LogP contribution in [-0.2, 0) is 13.1 Å². The maximum atomic E-state index is 12.5. The first-order valence-electron chi connectivity index (χ1n) is 8.39. The number of rotatable bonds is 6. The van der Waals surface area contributed by atoms with E-state index in [1.54, 1.807) is 34.2 Å². The fraction of sp³-hybridized carbons (Fsp3) is 0.105. The summed E-state index contributed by atoms with van der Waals surface area (Å²) in [5.41, 5.74) is 2.59. The summed E-state index contributed by atoms with van der Waals surface area (Å²) in [5.74, 6) is -0.174. The van der Waals surface area contributed by atoms with Crippen LogP contribution in [0.15, 0.2) is 60.5 Å². The lowest BCUT2D eigenvalue weighted by Gasteiger charge is -2.04. The lowest BCUT2D eigenvalue weighted by molar-refractivity contribution is 0.103. The van der Waals surface area contributed by atoms with Gasteiger partial charge in [-0.3, -0.25) is 14.2 Å². The number of hydrogen-bond acceptors (Lipinski definition) is 4. The van der Waals surface area contributed by atoms with Gasteiger partial charge in [0, 0.05) is 17.4 Å². The summed E-state index contributed by atoms with van der Waals surface area (Å²) < 4.78 is 3.46. The number of halogens is 2. The number of amides is 1. The molecule has 0 saturated heterocycles. The van der Waals surface area contributed by atoms with E-state index >= 15 is 0 Å². The second-order valence-electron chi connectivity index (χ2n) is 6.15. The van der Waals surface area contributed by atoms with Gasteiger partial charge in [0.1, 0.15) is 0 Å². The number of aromatic nitrogens is 4. The van der Waals surface area contributed by atoms with E-state index in [2.05, 4.69) is 15.5 Å². The molecule has 0 radical (unpaired) electrons. The van der Waals surface area contributed by atoms with Crippen LogP contribution in [0.5, 0.6) is 0 Å². The van der Waals surface area contributed by atoms with Gasteiger partial charge in [-0.1, -0.05) is 41.4 Å². The van der Waals surface area contributed by atoms with Gasteiger partial charge >= 0.3 is 0 Å². The molecule has 6 nitrogen and oxygen atoms in total. The van der Waals surface area contributed by atoms with Gasteiger partial charge in [0.05, 0.1) is 41.1 Å². The predicted octanol–water partition coefficient (Wildman–Crippen LogP) is 4.80. The molecule has 3 aromatic heterocycles. The van der Waals surface area contributed by atoms with Crippen LogP contribution in [0.25, 0.3) is 0 Å². The molecular formula is C19H15Cl2N5OS. The van der Waals surface area contributed by atoms with Gasteiger partial charge in [0.25, 0.3) is 5.91 Å². The van der Waals surface area contributed by atoms with E-state index in [-0.39, 0.29) is 5.91 Å². The van der Waals surface area contributed by atoms with Crippen molar-refractivity contribution in [1.82, 2.24) is 19.6 Å². The molecule has 0 unspecified atom stereocenters. The van der Waals surface area contributed by atoms with Crippen molar-refractivity contribution in [1.29, 1.82) is 0 Å². The van der Waals surface area contributed by atoms with E-state index in [0.29, 0.717) is 33.7 Å². The van der Waals surface area contributed by atoms with E-state index in [0.717, 1.165) is 11.1 Å². The average Bonchev–Trinajstić information content (AvgIpc) is 3.40. The van der Waals surface area contributed by atoms with E-state index in [1.165, 1.54) is 11.3 Å². The first-order valence-corrected chi connectivity index (χ1v) is 10.0. The lowest BCUT2D eigenvalue weighted by Crippen LogP contribution is -2.09. The van der Waals surface area contributed by atoms with Gasteiger partial charge in [-0.05, 0) is 28.6 Å². The van der Waals surface area contributed by atoms with Crippen molar-refractivity contribution < 1.29 is 4.79 Å². The van der Waals surface area contributed by atoms with Crippen molar-refractivity contribution in [2.24, 2.45) is 0 Å². The summed E-state index contributed by atoms with van der Waals surface area (Å²) in [4.78, 5) is 13.1. The van der Waals surface area contributed by atoms with Gasteiger partial charge < -0.3 is 5.32 Å².